The molecule has 0 aliphatic carbocycles. The zero-order chi connectivity index (χ0) is 20.5. The second kappa shape index (κ2) is 10.3. The lowest BCUT2D eigenvalue weighted by Gasteiger charge is -2.16. The van der Waals surface area contributed by atoms with Gasteiger partial charge >= 0.3 is 5.97 Å². The molecular weight excluding hydrogens is 358 g/mol. The number of aryl methyl sites for hydroxylation is 2. The Morgan fingerprint density at radius 3 is 2.29 bits per heavy atom. The Hall–Kier alpha value is -3.02. The predicted molar refractivity (Wildman–Crippen MR) is 107 cm³/mol. The highest BCUT2D eigenvalue weighted by atomic mass is 16.6. The van der Waals surface area contributed by atoms with E-state index in [0.29, 0.717) is 18.1 Å². The van der Waals surface area contributed by atoms with Crippen LogP contribution < -0.4 is 14.8 Å². The maximum Gasteiger partial charge on any atom is 0.344 e. The Balaban J connectivity index is 1.77. The van der Waals surface area contributed by atoms with Crippen LogP contribution >= 0.6 is 0 Å². The highest BCUT2D eigenvalue weighted by Crippen LogP contribution is 2.26. The fraction of sp³-hybridized carbons (Fsp3) is 0.364. The van der Waals surface area contributed by atoms with Gasteiger partial charge in [0.25, 0.3) is 5.91 Å². The number of benzene rings is 2. The van der Waals surface area contributed by atoms with E-state index in [2.05, 4.69) is 5.32 Å². The number of carbonyl (C=O) groups is 2. The predicted octanol–water partition coefficient (Wildman–Crippen LogP) is 3.50. The summed E-state index contributed by atoms with van der Waals surface area (Å²) in [6.07, 6.45) is 0. The van der Waals surface area contributed by atoms with Crippen molar-refractivity contribution in [3.63, 3.8) is 0 Å². The summed E-state index contributed by atoms with van der Waals surface area (Å²) in [5.74, 6) is 0.0148. The Bertz CT molecular complexity index is 818. The van der Waals surface area contributed by atoms with Crippen molar-refractivity contribution >= 4 is 11.9 Å². The molecule has 6 heteroatoms. The van der Waals surface area contributed by atoms with Crippen LogP contribution in [0.4, 0.5) is 0 Å². The molecule has 1 atom stereocenters. The zero-order valence-corrected chi connectivity index (χ0v) is 16.8. The molecule has 1 unspecified atom stereocenters. The van der Waals surface area contributed by atoms with Crippen LogP contribution in [0.25, 0.3) is 0 Å². The van der Waals surface area contributed by atoms with Crippen LogP contribution in [0, 0.1) is 13.8 Å². The van der Waals surface area contributed by atoms with E-state index in [1.165, 1.54) is 5.56 Å². The highest BCUT2D eigenvalue weighted by Gasteiger charge is 2.13. The number of hydrogen-bond acceptors (Lipinski definition) is 5. The first kappa shape index (κ1) is 21.3. The smallest absolute Gasteiger partial charge is 0.344 e. The summed E-state index contributed by atoms with van der Waals surface area (Å²) in [6.45, 7) is 7.65. The molecule has 2 rings (SSSR count). The van der Waals surface area contributed by atoms with Gasteiger partial charge in [-0.15, -0.1) is 0 Å². The van der Waals surface area contributed by atoms with E-state index < -0.39 is 5.97 Å². The fourth-order valence-corrected chi connectivity index (χ4v) is 2.57. The largest absolute Gasteiger partial charge is 0.490 e. The molecule has 2 aromatic carbocycles. The van der Waals surface area contributed by atoms with Gasteiger partial charge in [-0.3, -0.25) is 4.79 Å². The van der Waals surface area contributed by atoms with Crippen molar-refractivity contribution in [2.45, 2.75) is 33.7 Å². The molecule has 2 aromatic rings. The van der Waals surface area contributed by atoms with Gasteiger partial charge in [-0.1, -0.05) is 30.3 Å². The lowest BCUT2D eigenvalue weighted by molar-refractivity contribution is -0.150. The molecule has 0 radical (unpaired) electrons. The number of para-hydroxylation sites is 2. The summed E-state index contributed by atoms with van der Waals surface area (Å²) < 4.78 is 15.8. The van der Waals surface area contributed by atoms with Gasteiger partial charge in [0.2, 0.25) is 0 Å². The molecule has 0 heterocycles. The third kappa shape index (κ3) is 6.30. The van der Waals surface area contributed by atoms with Crippen molar-refractivity contribution in [2.75, 3.05) is 19.8 Å². The molecule has 0 aliphatic heterocycles. The summed E-state index contributed by atoms with van der Waals surface area (Å²) >= 11 is 0. The number of hydrogen-bond donors (Lipinski definition) is 1. The second-order valence-corrected chi connectivity index (χ2v) is 6.46. The lowest BCUT2D eigenvalue weighted by Crippen LogP contribution is -2.32. The Morgan fingerprint density at radius 1 is 0.964 bits per heavy atom. The number of amides is 1. The molecule has 1 amide bonds. The first-order valence-corrected chi connectivity index (χ1v) is 9.27. The van der Waals surface area contributed by atoms with Gasteiger partial charge in [-0.2, -0.15) is 0 Å². The van der Waals surface area contributed by atoms with Crippen LogP contribution in [0.1, 0.15) is 36.6 Å². The third-order valence-electron chi connectivity index (χ3n) is 4.27. The zero-order valence-electron chi connectivity index (χ0n) is 16.8. The minimum Gasteiger partial charge on any atom is -0.490 e. The maximum atomic E-state index is 12.0. The molecule has 0 spiro atoms. The van der Waals surface area contributed by atoms with Crippen molar-refractivity contribution in [1.82, 2.24) is 5.32 Å². The molecule has 0 saturated carbocycles. The first-order valence-electron chi connectivity index (χ1n) is 9.27. The SMILES string of the molecule is CCOc1ccccc1OCC(=O)OCC(=O)NC(C)c1ccc(C)c(C)c1. The first-order chi connectivity index (χ1) is 13.4. The number of nitrogens with one attached hydrogen (secondary N) is 1. The van der Waals surface area contributed by atoms with E-state index >= 15 is 0 Å². The summed E-state index contributed by atoms with van der Waals surface area (Å²) in [7, 11) is 0. The molecule has 0 bridgehead atoms. The van der Waals surface area contributed by atoms with Crippen molar-refractivity contribution in [3.8, 4) is 11.5 Å². The molecular formula is C22H27NO5. The molecule has 1 N–H and O–H groups in total. The van der Waals surface area contributed by atoms with E-state index in [1.54, 1.807) is 18.2 Å². The summed E-state index contributed by atoms with van der Waals surface area (Å²) in [5, 5.41) is 2.82. The van der Waals surface area contributed by atoms with Gasteiger partial charge in [-0.25, -0.2) is 4.79 Å². The van der Waals surface area contributed by atoms with Gasteiger partial charge in [0.15, 0.2) is 24.7 Å². The Morgan fingerprint density at radius 2 is 1.64 bits per heavy atom. The van der Waals surface area contributed by atoms with Gasteiger partial charge < -0.3 is 19.5 Å². The monoisotopic (exact) mass is 385 g/mol. The van der Waals surface area contributed by atoms with Crippen molar-refractivity contribution < 1.29 is 23.8 Å². The quantitative estimate of drug-likeness (QED) is 0.669. The average molecular weight is 385 g/mol. The molecule has 0 aromatic heterocycles. The Labute approximate surface area is 165 Å². The molecule has 150 valence electrons. The minimum absolute atomic E-state index is 0.181. The van der Waals surface area contributed by atoms with Crippen molar-refractivity contribution in [3.05, 3.63) is 59.2 Å². The van der Waals surface area contributed by atoms with Crippen LogP contribution in [0.15, 0.2) is 42.5 Å². The number of rotatable bonds is 9. The molecule has 28 heavy (non-hydrogen) atoms. The van der Waals surface area contributed by atoms with E-state index in [4.69, 9.17) is 14.2 Å². The van der Waals surface area contributed by atoms with E-state index in [0.717, 1.165) is 11.1 Å². The van der Waals surface area contributed by atoms with Crippen molar-refractivity contribution in [2.24, 2.45) is 0 Å². The van der Waals surface area contributed by atoms with Gasteiger partial charge in [0.05, 0.1) is 12.6 Å². The van der Waals surface area contributed by atoms with Crippen LogP contribution in [0.2, 0.25) is 0 Å². The number of ether oxygens (including phenoxy) is 3. The van der Waals surface area contributed by atoms with E-state index in [9.17, 15) is 9.59 Å². The third-order valence-corrected chi connectivity index (χ3v) is 4.27. The van der Waals surface area contributed by atoms with Crippen LogP contribution in [0.5, 0.6) is 11.5 Å². The lowest BCUT2D eigenvalue weighted by atomic mass is 10.0. The average Bonchev–Trinajstić information content (AvgIpc) is 2.68. The Kier molecular flexibility index (Phi) is 7.87. The van der Waals surface area contributed by atoms with Gasteiger partial charge in [-0.05, 0) is 56.5 Å². The van der Waals surface area contributed by atoms with Crippen LogP contribution in [-0.2, 0) is 14.3 Å². The summed E-state index contributed by atoms with van der Waals surface area (Å²) in [5.41, 5.74) is 3.36. The molecule has 6 nitrogen and oxygen atoms in total. The molecule has 0 saturated heterocycles. The number of esters is 1. The van der Waals surface area contributed by atoms with Crippen LogP contribution in [0.3, 0.4) is 0 Å². The summed E-state index contributed by atoms with van der Waals surface area (Å²) in [6, 6.07) is 12.9. The van der Waals surface area contributed by atoms with Gasteiger partial charge in [0.1, 0.15) is 0 Å². The van der Waals surface area contributed by atoms with E-state index in [1.807, 2.05) is 52.0 Å². The number of carbonyl (C=O) groups excluding carboxylic acids is 2. The minimum atomic E-state index is -0.625. The molecule has 0 aliphatic rings. The topological polar surface area (TPSA) is 73.9 Å². The summed E-state index contributed by atoms with van der Waals surface area (Å²) in [4.78, 5) is 23.9. The van der Waals surface area contributed by atoms with Gasteiger partial charge in [0, 0.05) is 0 Å². The maximum absolute atomic E-state index is 12.0. The standard InChI is InChI=1S/C22H27NO5/c1-5-26-19-8-6-7-9-20(19)27-14-22(25)28-13-21(24)23-17(4)18-11-10-15(2)16(3)12-18/h6-12,17H,5,13-14H2,1-4H3,(H,23,24). The van der Waals surface area contributed by atoms with Crippen LogP contribution in [-0.4, -0.2) is 31.7 Å². The molecule has 0 fully saturated rings. The normalized spacial score (nSPS) is 11.4. The highest BCUT2D eigenvalue weighted by molar-refractivity contribution is 5.81. The van der Waals surface area contributed by atoms with E-state index in [-0.39, 0.29) is 25.2 Å². The fourth-order valence-electron chi connectivity index (χ4n) is 2.57. The second-order valence-electron chi connectivity index (χ2n) is 6.46. The van der Waals surface area contributed by atoms with Crippen molar-refractivity contribution in [1.29, 1.82) is 0 Å².